The minimum Gasteiger partial charge on any atom is -0.464 e. The summed E-state index contributed by atoms with van der Waals surface area (Å²) in [5.74, 6) is -1.60. The molecular formula is C11H14FNO4. The predicted octanol–water partition coefficient (Wildman–Crippen LogP) is 0.365. The van der Waals surface area contributed by atoms with E-state index in [2.05, 4.69) is 4.74 Å². The summed E-state index contributed by atoms with van der Waals surface area (Å²) in [6.45, 7) is 1.63. The van der Waals surface area contributed by atoms with Crippen molar-refractivity contribution in [2.75, 3.05) is 12.3 Å². The van der Waals surface area contributed by atoms with Gasteiger partial charge in [-0.15, -0.1) is 0 Å². The molecule has 0 radical (unpaired) electrons. The molecule has 0 heterocycles. The summed E-state index contributed by atoms with van der Waals surface area (Å²) in [6, 6.07) is 3.32. The van der Waals surface area contributed by atoms with Crippen molar-refractivity contribution in [2.45, 2.75) is 19.1 Å². The SMILES string of the molecule is CCOC(=O)C(O)C(O)c1cc(F)ccc1N. The average Bonchev–Trinajstić information content (AvgIpc) is 2.30. The van der Waals surface area contributed by atoms with E-state index in [0.29, 0.717) is 0 Å². The maximum absolute atomic E-state index is 13.0. The molecule has 1 rings (SSSR count). The van der Waals surface area contributed by atoms with Crippen molar-refractivity contribution in [2.24, 2.45) is 0 Å². The number of hydrogen-bond acceptors (Lipinski definition) is 5. The van der Waals surface area contributed by atoms with Crippen LogP contribution in [0, 0.1) is 5.82 Å². The molecule has 6 heteroatoms. The lowest BCUT2D eigenvalue weighted by Crippen LogP contribution is -2.30. The van der Waals surface area contributed by atoms with Crippen LogP contribution in [0.2, 0.25) is 0 Å². The summed E-state index contributed by atoms with van der Waals surface area (Å²) < 4.78 is 17.5. The Morgan fingerprint density at radius 3 is 2.76 bits per heavy atom. The Morgan fingerprint density at radius 2 is 2.18 bits per heavy atom. The number of carbonyl (C=O) groups excluding carboxylic acids is 1. The van der Waals surface area contributed by atoms with E-state index in [0.717, 1.165) is 12.1 Å². The van der Waals surface area contributed by atoms with Crippen molar-refractivity contribution in [3.63, 3.8) is 0 Å². The van der Waals surface area contributed by atoms with Gasteiger partial charge in [-0.05, 0) is 25.1 Å². The Kier molecular flexibility index (Phi) is 4.42. The van der Waals surface area contributed by atoms with Crippen LogP contribution < -0.4 is 5.73 Å². The summed E-state index contributed by atoms with van der Waals surface area (Å²) >= 11 is 0. The van der Waals surface area contributed by atoms with Gasteiger partial charge in [-0.1, -0.05) is 0 Å². The lowest BCUT2D eigenvalue weighted by Gasteiger charge is -2.18. The normalized spacial score (nSPS) is 14.1. The second kappa shape index (κ2) is 5.60. The van der Waals surface area contributed by atoms with E-state index in [1.54, 1.807) is 6.92 Å². The van der Waals surface area contributed by atoms with Crippen LogP contribution in [0.15, 0.2) is 18.2 Å². The van der Waals surface area contributed by atoms with Crippen LogP contribution in [0.3, 0.4) is 0 Å². The summed E-state index contributed by atoms with van der Waals surface area (Å²) in [6.07, 6.45) is -3.41. The standard InChI is InChI=1S/C11H14FNO4/c1-2-17-11(16)10(15)9(14)7-5-6(12)3-4-8(7)13/h3-5,9-10,14-15H,2,13H2,1H3. The molecule has 1 aromatic carbocycles. The lowest BCUT2D eigenvalue weighted by molar-refractivity contribution is -0.159. The van der Waals surface area contributed by atoms with E-state index in [9.17, 15) is 19.4 Å². The second-order valence-corrected chi connectivity index (χ2v) is 3.41. The minimum atomic E-state index is -1.79. The van der Waals surface area contributed by atoms with Crippen LogP contribution in [-0.4, -0.2) is 28.9 Å². The summed E-state index contributed by atoms with van der Waals surface area (Å²) in [5.41, 5.74) is 5.55. The Labute approximate surface area is 97.6 Å². The first kappa shape index (κ1) is 13.4. The van der Waals surface area contributed by atoms with Crippen LogP contribution >= 0.6 is 0 Å². The molecule has 0 aliphatic carbocycles. The largest absolute Gasteiger partial charge is 0.464 e. The highest BCUT2D eigenvalue weighted by atomic mass is 19.1. The first-order chi connectivity index (χ1) is 7.97. The first-order valence-corrected chi connectivity index (χ1v) is 5.05. The number of aliphatic hydroxyl groups excluding tert-OH is 2. The maximum Gasteiger partial charge on any atom is 0.338 e. The van der Waals surface area contributed by atoms with Crippen molar-refractivity contribution in [3.05, 3.63) is 29.6 Å². The van der Waals surface area contributed by atoms with E-state index >= 15 is 0 Å². The number of nitrogens with two attached hydrogens (primary N) is 1. The topological polar surface area (TPSA) is 92.8 Å². The van der Waals surface area contributed by atoms with Gasteiger partial charge in [0.2, 0.25) is 0 Å². The molecular weight excluding hydrogens is 229 g/mol. The molecule has 17 heavy (non-hydrogen) atoms. The van der Waals surface area contributed by atoms with E-state index in [1.165, 1.54) is 6.07 Å². The molecule has 94 valence electrons. The Hall–Kier alpha value is -1.66. The first-order valence-electron chi connectivity index (χ1n) is 5.05. The van der Waals surface area contributed by atoms with Crippen LogP contribution in [0.5, 0.6) is 0 Å². The molecule has 0 aliphatic heterocycles. The number of ether oxygens (including phenoxy) is 1. The molecule has 0 saturated heterocycles. The van der Waals surface area contributed by atoms with Gasteiger partial charge >= 0.3 is 5.97 Å². The van der Waals surface area contributed by atoms with Crippen LogP contribution in [0.25, 0.3) is 0 Å². The smallest absolute Gasteiger partial charge is 0.338 e. The van der Waals surface area contributed by atoms with Gasteiger partial charge in [-0.25, -0.2) is 9.18 Å². The van der Waals surface area contributed by atoms with E-state index in [4.69, 9.17) is 5.73 Å². The van der Waals surface area contributed by atoms with Crippen LogP contribution in [0.4, 0.5) is 10.1 Å². The third kappa shape index (κ3) is 3.15. The third-order valence-electron chi connectivity index (χ3n) is 2.19. The zero-order valence-corrected chi connectivity index (χ0v) is 9.26. The monoisotopic (exact) mass is 243 g/mol. The highest BCUT2D eigenvalue weighted by molar-refractivity contribution is 5.75. The minimum absolute atomic E-state index is 0.0504. The Bertz CT molecular complexity index is 410. The van der Waals surface area contributed by atoms with Crippen LogP contribution in [0.1, 0.15) is 18.6 Å². The number of esters is 1. The zero-order chi connectivity index (χ0) is 13.0. The van der Waals surface area contributed by atoms with Gasteiger partial charge in [0.25, 0.3) is 0 Å². The summed E-state index contributed by atoms with van der Waals surface area (Å²) in [7, 11) is 0. The fourth-order valence-corrected chi connectivity index (χ4v) is 1.33. The number of aliphatic hydroxyl groups is 2. The number of rotatable bonds is 4. The molecule has 1 aromatic rings. The molecule has 0 aromatic heterocycles. The number of benzene rings is 1. The Morgan fingerprint density at radius 1 is 1.53 bits per heavy atom. The average molecular weight is 243 g/mol. The van der Waals surface area contributed by atoms with Gasteiger partial charge in [-0.2, -0.15) is 0 Å². The van der Waals surface area contributed by atoms with E-state index in [-0.39, 0.29) is 17.9 Å². The zero-order valence-electron chi connectivity index (χ0n) is 9.26. The van der Waals surface area contributed by atoms with Gasteiger partial charge in [-0.3, -0.25) is 0 Å². The fraction of sp³-hybridized carbons (Fsp3) is 0.364. The highest BCUT2D eigenvalue weighted by Gasteiger charge is 2.28. The molecule has 0 amide bonds. The van der Waals surface area contributed by atoms with Gasteiger partial charge in [0.1, 0.15) is 11.9 Å². The fourth-order valence-electron chi connectivity index (χ4n) is 1.33. The molecule has 0 bridgehead atoms. The molecule has 4 N–H and O–H groups in total. The molecule has 0 saturated carbocycles. The van der Waals surface area contributed by atoms with Crippen molar-refractivity contribution in [1.29, 1.82) is 0 Å². The molecule has 0 fully saturated rings. The molecule has 0 aliphatic rings. The third-order valence-corrected chi connectivity index (χ3v) is 2.19. The summed E-state index contributed by atoms with van der Waals surface area (Å²) in [4.78, 5) is 11.2. The van der Waals surface area contributed by atoms with E-state index < -0.39 is 24.0 Å². The number of anilines is 1. The number of nitrogen functional groups attached to an aromatic ring is 1. The molecule has 2 unspecified atom stereocenters. The Balaban J connectivity index is 2.91. The van der Waals surface area contributed by atoms with Crippen molar-refractivity contribution in [1.82, 2.24) is 0 Å². The summed E-state index contributed by atoms with van der Waals surface area (Å²) in [5, 5.41) is 19.2. The lowest BCUT2D eigenvalue weighted by atomic mass is 10.0. The van der Waals surface area contributed by atoms with Gasteiger partial charge in [0.05, 0.1) is 6.61 Å². The maximum atomic E-state index is 13.0. The van der Waals surface area contributed by atoms with Crippen LogP contribution in [-0.2, 0) is 9.53 Å². The van der Waals surface area contributed by atoms with Gasteiger partial charge in [0, 0.05) is 11.3 Å². The predicted molar refractivity (Wildman–Crippen MR) is 58.4 cm³/mol. The molecule has 0 spiro atoms. The number of halogens is 1. The van der Waals surface area contributed by atoms with Crippen molar-refractivity contribution >= 4 is 11.7 Å². The molecule has 5 nitrogen and oxygen atoms in total. The number of carbonyl (C=O) groups is 1. The molecule has 2 atom stereocenters. The van der Waals surface area contributed by atoms with Gasteiger partial charge in [0.15, 0.2) is 6.10 Å². The highest BCUT2D eigenvalue weighted by Crippen LogP contribution is 2.24. The second-order valence-electron chi connectivity index (χ2n) is 3.41. The van der Waals surface area contributed by atoms with Crippen molar-refractivity contribution in [3.8, 4) is 0 Å². The van der Waals surface area contributed by atoms with Crippen molar-refractivity contribution < 1.29 is 24.1 Å². The van der Waals surface area contributed by atoms with E-state index in [1.807, 2.05) is 0 Å². The quantitative estimate of drug-likeness (QED) is 0.524. The van der Waals surface area contributed by atoms with Gasteiger partial charge < -0.3 is 20.7 Å². The number of hydrogen-bond donors (Lipinski definition) is 3.